The Morgan fingerprint density at radius 1 is 1.15 bits per heavy atom. The zero-order valence-corrected chi connectivity index (χ0v) is 16.5. The summed E-state index contributed by atoms with van der Waals surface area (Å²) in [5.74, 6) is 0.565. The molecule has 1 aromatic carbocycles. The van der Waals surface area contributed by atoms with Gasteiger partial charge in [-0.1, -0.05) is 18.2 Å². The third-order valence-corrected chi connectivity index (χ3v) is 5.78. The maximum absolute atomic E-state index is 12.5. The van der Waals surface area contributed by atoms with Crippen LogP contribution in [0.5, 0.6) is 0 Å². The molecule has 2 amide bonds. The Labute approximate surface area is 161 Å². The Morgan fingerprint density at radius 3 is 2.56 bits per heavy atom. The number of amides is 2. The first-order valence-corrected chi connectivity index (χ1v) is 10.3. The van der Waals surface area contributed by atoms with Crippen molar-refractivity contribution in [3.05, 3.63) is 36.0 Å². The number of hydrogen-bond donors (Lipinski definition) is 1. The minimum atomic E-state index is 0.0835. The Kier molecular flexibility index (Phi) is 6.54. The van der Waals surface area contributed by atoms with Crippen molar-refractivity contribution in [2.24, 2.45) is 5.92 Å². The highest BCUT2D eigenvalue weighted by atomic mass is 16.2. The minimum absolute atomic E-state index is 0.0835. The second-order valence-electron chi connectivity index (χ2n) is 7.38. The molecule has 3 rings (SSSR count). The number of aromatic nitrogens is 1. The highest BCUT2D eigenvalue weighted by Gasteiger charge is 2.29. The van der Waals surface area contributed by atoms with E-state index in [0.29, 0.717) is 19.5 Å². The zero-order valence-electron chi connectivity index (χ0n) is 16.5. The fourth-order valence-electron chi connectivity index (χ4n) is 4.10. The lowest BCUT2D eigenvalue weighted by Gasteiger charge is -2.33. The molecular weight excluding hydrogens is 338 g/mol. The molecule has 0 radical (unpaired) electrons. The van der Waals surface area contributed by atoms with Crippen molar-refractivity contribution in [3.63, 3.8) is 0 Å². The SMILES string of the molecule is CCN(CC)C(=O)C1CCN(C(=O)CCCc2c[nH]c3ccccc23)CC1. The fourth-order valence-corrected chi connectivity index (χ4v) is 4.10. The molecule has 2 aromatic rings. The lowest BCUT2D eigenvalue weighted by molar-refractivity contribution is -0.140. The van der Waals surface area contributed by atoms with E-state index < -0.39 is 0 Å². The number of carbonyl (C=O) groups excluding carboxylic acids is 2. The summed E-state index contributed by atoms with van der Waals surface area (Å²) in [5.41, 5.74) is 2.43. The van der Waals surface area contributed by atoms with E-state index in [9.17, 15) is 9.59 Å². The van der Waals surface area contributed by atoms with Crippen molar-refractivity contribution in [2.45, 2.75) is 46.0 Å². The topological polar surface area (TPSA) is 56.4 Å². The smallest absolute Gasteiger partial charge is 0.225 e. The van der Waals surface area contributed by atoms with Crippen molar-refractivity contribution in [1.29, 1.82) is 0 Å². The molecule has 0 unspecified atom stereocenters. The Balaban J connectivity index is 1.44. The van der Waals surface area contributed by atoms with Crippen LogP contribution in [0.15, 0.2) is 30.5 Å². The Morgan fingerprint density at radius 2 is 1.85 bits per heavy atom. The second kappa shape index (κ2) is 9.07. The predicted octanol–water partition coefficient (Wildman–Crippen LogP) is 3.60. The molecular formula is C22H31N3O2. The third-order valence-electron chi connectivity index (χ3n) is 5.78. The van der Waals surface area contributed by atoms with Gasteiger partial charge in [0.15, 0.2) is 0 Å². The molecule has 1 fully saturated rings. The molecule has 0 atom stereocenters. The summed E-state index contributed by atoms with van der Waals surface area (Å²) in [6.07, 6.45) is 5.99. The standard InChI is InChI=1S/C22H31N3O2/c1-3-24(4-2)22(27)17-12-14-25(15-13-17)21(26)11-7-8-18-16-23-20-10-6-5-9-19(18)20/h5-6,9-10,16-17,23H,3-4,7-8,11-15H2,1-2H3. The summed E-state index contributed by atoms with van der Waals surface area (Å²) in [6.45, 7) is 7.00. The highest BCUT2D eigenvalue weighted by Crippen LogP contribution is 2.22. The third kappa shape index (κ3) is 4.52. The number of piperidine rings is 1. The normalized spacial score (nSPS) is 15.3. The van der Waals surface area contributed by atoms with E-state index in [4.69, 9.17) is 0 Å². The van der Waals surface area contributed by atoms with Crippen LogP contribution in [0, 0.1) is 5.92 Å². The molecule has 0 saturated carbocycles. The second-order valence-corrected chi connectivity index (χ2v) is 7.38. The van der Waals surface area contributed by atoms with Crippen molar-refractivity contribution in [3.8, 4) is 0 Å². The van der Waals surface area contributed by atoms with E-state index >= 15 is 0 Å². The average molecular weight is 370 g/mol. The van der Waals surface area contributed by atoms with Gasteiger partial charge in [-0.15, -0.1) is 0 Å². The molecule has 146 valence electrons. The van der Waals surface area contributed by atoms with E-state index in [0.717, 1.165) is 44.3 Å². The summed E-state index contributed by atoms with van der Waals surface area (Å²) in [6, 6.07) is 8.28. The molecule has 0 bridgehead atoms. The number of H-pyrrole nitrogens is 1. The predicted molar refractivity (Wildman–Crippen MR) is 108 cm³/mol. The first-order valence-electron chi connectivity index (χ1n) is 10.3. The molecule has 1 aliphatic rings. The van der Waals surface area contributed by atoms with Crippen molar-refractivity contribution in [2.75, 3.05) is 26.2 Å². The number of benzene rings is 1. The van der Waals surface area contributed by atoms with Crippen LogP contribution in [0.1, 0.15) is 45.1 Å². The lowest BCUT2D eigenvalue weighted by Crippen LogP contribution is -2.44. The van der Waals surface area contributed by atoms with Crippen LogP contribution in [0.25, 0.3) is 10.9 Å². The number of nitrogens with zero attached hydrogens (tertiary/aromatic N) is 2. The Bertz CT molecular complexity index is 771. The number of nitrogens with one attached hydrogen (secondary N) is 1. The summed E-state index contributed by atoms with van der Waals surface area (Å²) in [7, 11) is 0. The minimum Gasteiger partial charge on any atom is -0.361 e. The molecule has 27 heavy (non-hydrogen) atoms. The van der Waals surface area contributed by atoms with Gasteiger partial charge >= 0.3 is 0 Å². The van der Waals surface area contributed by atoms with Gasteiger partial charge in [0, 0.05) is 55.6 Å². The summed E-state index contributed by atoms with van der Waals surface area (Å²) in [5, 5.41) is 1.25. The number of aromatic amines is 1. The van der Waals surface area contributed by atoms with Gasteiger partial charge in [0.1, 0.15) is 0 Å². The van der Waals surface area contributed by atoms with Crippen LogP contribution in [-0.2, 0) is 16.0 Å². The molecule has 1 saturated heterocycles. The maximum atomic E-state index is 12.5. The van der Waals surface area contributed by atoms with E-state index in [1.807, 2.05) is 29.7 Å². The number of hydrogen-bond acceptors (Lipinski definition) is 2. The van der Waals surface area contributed by atoms with Gasteiger partial charge in [-0.3, -0.25) is 9.59 Å². The van der Waals surface area contributed by atoms with Gasteiger partial charge in [-0.25, -0.2) is 0 Å². The van der Waals surface area contributed by atoms with Gasteiger partial charge in [-0.2, -0.15) is 0 Å². The molecule has 5 heteroatoms. The summed E-state index contributed by atoms with van der Waals surface area (Å²) in [4.78, 5) is 32.1. The molecule has 1 aliphatic heterocycles. The number of para-hydroxylation sites is 1. The first-order chi connectivity index (χ1) is 13.1. The van der Waals surface area contributed by atoms with Gasteiger partial charge < -0.3 is 14.8 Å². The zero-order chi connectivity index (χ0) is 19.2. The van der Waals surface area contributed by atoms with E-state index in [1.165, 1.54) is 10.9 Å². The molecule has 5 nitrogen and oxygen atoms in total. The highest BCUT2D eigenvalue weighted by molar-refractivity contribution is 5.83. The van der Waals surface area contributed by atoms with Crippen LogP contribution in [0.4, 0.5) is 0 Å². The number of rotatable bonds is 7. The van der Waals surface area contributed by atoms with E-state index in [1.54, 1.807) is 0 Å². The van der Waals surface area contributed by atoms with Crippen molar-refractivity contribution < 1.29 is 9.59 Å². The summed E-state index contributed by atoms with van der Waals surface area (Å²) < 4.78 is 0. The largest absolute Gasteiger partial charge is 0.361 e. The monoisotopic (exact) mass is 369 g/mol. The van der Waals surface area contributed by atoms with Gasteiger partial charge in [0.05, 0.1) is 0 Å². The first kappa shape index (κ1) is 19.5. The van der Waals surface area contributed by atoms with Gasteiger partial charge in [0.25, 0.3) is 0 Å². The molecule has 0 spiro atoms. The number of fused-ring (bicyclic) bond motifs is 1. The van der Waals surface area contributed by atoms with Crippen LogP contribution >= 0.6 is 0 Å². The van der Waals surface area contributed by atoms with Crippen molar-refractivity contribution >= 4 is 22.7 Å². The molecule has 2 heterocycles. The number of carbonyl (C=O) groups is 2. The quantitative estimate of drug-likeness (QED) is 0.811. The van der Waals surface area contributed by atoms with Gasteiger partial charge in [-0.05, 0) is 51.2 Å². The molecule has 1 aromatic heterocycles. The molecule has 1 N–H and O–H groups in total. The van der Waals surface area contributed by atoms with Crippen LogP contribution < -0.4 is 0 Å². The molecule has 0 aliphatic carbocycles. The number of likely N-dealkylation sites (tertiary alicyclic amines) is 1. The Hall–Kier alpha value is -2.30. The van der Waals surface area contributed by atoms with E-state index in [2.05, 4.69) is 29.4 Å². The van der Waals surface area contributed by atoms with Crippen LogP contribution in [0.2, 0.25) is 0 Å². The summed E-state index contributed by atoms with van der Waals surface area (Å²) >= 11 is 0. The average Bonchev–Trinajstić information content (AvgIpc) is 3.12. The number of aryl methyl sites for hydroxylation is 1. The maximum Gasteiger partial charge on any atom is 0.225 e. The van der Waals surface area contributed by atoms with Crippen LogP contribution in [0.3, 0.4) is 0 Å². The van der Waals surface area contributed by atoms with Crippen molar-refractivity contribution in [1.82, 2.24) is 14.8 Å². The lowest BCUT2D eigenvalue weighted by atomic mass is 9.94. The van der Waals surface area contributed by atoms with Gasteiger partial charge in [0.2, 0.25) is 11.8 Å². The van der Waals surface area contributed by atoms with E-state index in [-0.39, 0.29) is 17.7 Å². The van der Waals surface area contributed by atoms with Crippen LogP contribution in [-0.4, -0.2) is 52.8 Å². The fraction of sp³-hybridized carbons (Fsp3) is 0.545.